The van der Waals surface area contributed by atoms with Gasteiger partial charge in [0.05, 0.1) is 26.0 Å². The van der Waals surface area contributed by atoms with Gasteiger partial charge in [-0.05, 0) is 17.7 Å². The summed E-state index contributed by atoms with van der Waals surface area (Å²) in [6.07, 6.45) is -0.859. The summed E-state index contributed by atoms with van der Waals surface area (Å²) in [5, 5.41) is 0. The summed E-state index contributed by atoms with van der Waals surface area (Å²) in [6, 6.07) is 6.40. The van der Waals surface area contributed by atoms with Crippen molar-refractivity contribution in [2.45, 2.75) is 6.04 Å². The van der Waals surface area contributed by atoms with Crippen molar-refractivity contribution >= 4 is 16.1 Å². The van der Waals surface area contributed by atoms with Crippen molar-refractivity contribution in [2.75, 3.05) is 20.0 Å². The molecule has 6 nitrogen and oxygen atoms in total. The fourth-order valence-electron chi connectivity index (χ4n) is 1.84. The standard InChI is InChI=1S/C11H13NO5S/c1-16-9-5-3-8(4-6-9)10-7-18(14,15)12(10)11(13)17-2/h3-6,10H,7H2,1-2H3. The van der Waals surface area contributed by atoms with Gasteiger partial charge in [-0.3, -0.25) is 0 Å². The maximum atomic E-state index is 11.5. The molecule has 1 amide bonds. The first-order valence-corrected chi connectivity index (χ1v) is 6.84. The van der Waals surface area contributed by atoms with Crippen LogP contribution in [-0.4, -0.2) is 38.8 Å². The van der Waals surface area contributed by atoms with Crippen LogP contribution in [0.5, 0.6) is 5.75 Å². The van der Waals surface area contributed by atoms with Crippen molar-refractivity contribution in [1.82, 2.24) is 4.31 Å². The predicted molar refractivity (Wildman–Crippen MR) is 63.8 cm³/mol. The number of rotatable bonds is 2. The molecule has 1 fully saturated rings. The third kappa shape index (κ3) is 2.01. The number of methoxy groups -OCH3 is 2. The quantitative estimate of drug-likeness (QED) is 0.806. The Labute approximate surface area is 105 Å². The van der Waals surface area contributed by atoms with Gasteiger partial charge in [-0.2, -0.15) is 4.31 Å². The summed E-state index contributed by atoms with van der Waals surface area (Å²) < 4.78 is 33.3. The number of ether oxygens (including phenoxy) is 2. The lowest BCUT2D eigenvalue weighted by Gasteiger charge is -2.38. The van der Waals surface area contributed by atoms with E-state index in [1.54, 1.807) is 31.4 Å². The van der Waals surface area contributed by atoms with Crippen molar-refractivity contribution in [3.8, 4) is 5.75 Å². The summed E-state index contributed by atoms with van der Waals surface area (Å²) in [7, 11) is -0.820. The Morgan fingerprint density at radius 2 is 1.89 bits per heavy atom. The van der Waals surface area contributed by atoms with Gasteiger partial charge in [0.1, 0.15) is 5.75 Å². The van der Waals surface area contributed by atoms with Crippen molar-refractivity contribution in [1.29, 1.82) is 0 Å². The van der Waals surface area contributed by atoms with Crippen LogP contribution in [0.1, 0.15) is 11.6 Å². The lowest BCUT2D eigenvalue weighted by atomic mass is 10.1. The van der Waals surface area contributed by atoms with Gasteiger partial charge >= 0.3 is 6.09 Å². The van der Waals surface area contributed by atoms with Crippen LogP contribution in [0.2, 0.25) is 0 Å². The maximum absolute atomic E-state index is 11.5. The van der Waals surface area contributed by atoms with E-state index in [1.807, 2.05) is 0 Å². The molecule has 1 aliphatic rings. The molecule has 1 heterocycles. The van der Waals surface area contributed by atoms with Gasteiger partial charge in [0.2, 0.25) is 10.0 Å². The maximum Gasteiger partial charge on any atom is 0.423 e. The molecule has 1 aromatic rings. The van der Waals surface area contributed by atoms with Gasteiger partial charge in [0.25, 0.3) is 0 Å². The number of carbonyl (C=O) groups excluding carboxylic acids is 1. The number of hydrogen-bond donors (Lipinski definition) is 0. The Kier molecular flexibility index (Phi) is 3.16. The number of sulfonamides is 1. The molecule has 0 aliphatic carbocycles. The Morgan fingerprint density at radius 3 is 2.33 bits per heavy atom. The van der Waals surface area contributed by atoms with Crippen LogP contribution in [-0.2, 0) is 14.8 Å². The van der Waals surface area contributed by atoms with Crippen LogP contribution in [0.25, 0.3) is 0 Å². The molecule has 0 spiro atoms. The average Bonchev–Trinajstić information content (AvgIpc) is 2.36. The minimum Gasteiger partial charge on any atom is -0.497 e. The SMILES string of the molecule is COC(=O)N1C(c2ccc(OC)cc2)CS1(=O)=O. The molecule has 0 radical (unpaired) electrons. The fourth-order valence-corrected chi connectivity index (χ4v) is 3.37. The smallest absolute Gasteiger partial charge is 0.423 e. The molecule has 2 rings (SSSR count). The van der Waals surface area contributed by atoms with Crippen molar-refractivity contribution in [3.63, 3.8) is 0 Å². The number of hydrogen-bond acceptors (Lipinski definition) is 5. The van der Waals surface area contributed by atoms with Crippen LogP contribution < -0.4 is 4.74 Å². The monoisotopic (exact) mass is 271 g/mol. The lowest BCUT2D eigenvalue weighted by Crippen LogP contribution is -2.53. The molecule has 0 N–H and O–H groups in total. The first-order valence-electron chi connectivity index (χ1n) is 5.23. The number of nitrogens with zero attached hydrogens (tertiary/aromatic N) is 1. The Hall–Kier alpha value is -1.76. The van der Waals surface area contributed by atoms with E-state index in [0.717, 1.165) is 17.0 Å². The summed E-state index contributed by atoms with van der Waals surface area (Å²) in [5.41, 5.74) is 0.732. The average molecular weight is 271 g/mol. The van der Waals surface area contributed by atoms with E-state index in [1.165, 1.54) is 0 Å². The summed E-state index contributed by atoms with van der Waals surface area (Å²) in [5.74, 6) is 0.583. The van der Waals surface area contributed by atoms with E-state index in [2.05, 4.69) is 4.74 Å². The van der Waals surface area contributed by atoms with Gasteiger partial charge in [0, 0.05) is 0 Å². The largest absolute Gasteiger partial charge is 0.497 e. The number of amides is 1. The van der Waals surface area contributed by atoms with Crippen molar-refractivity contribution < 1.29 is 22.7 Å². The van der Waals surface area contributed by atoms with E-state index >= 15 is 0 Å². The highest BCUT2D eigenvalue weighted by Crippen LogP contribution is 2.36. The fraction of sp³-hybridized carbons (Fsp3) is 0.364. The molecule has 0 saturated carbocycles. The highest BCUT2D eigenvalue weighted by atomic mass is 32.2. The van der Waals surface area contributed by atoms with Crippen LogP contribution >= 0.6 is 0 Å². The summed E-state index contributed by atoms with van der Waals surface area (Å²) in [4.78, 5) is 11.4. The normalized spacial score (nSPS) is 21.0. The lowest BCUT2D eigenvalue weighted by molar-refractivity contribution is 0.133. The molecule has 1 unspecified atom stereocenters. The zero-order chi connectivity index (χ0) is 13.3. The van der Waals surface area contributed by atoms with Crippen LogP contribution in [0.4, 0.5) is 4.79 Å². The summed E-state index contributed by atoms with van der Waals surface area (Å²) >= 11 is 0. The molecule has 1 aromatic carbocycles. The van der Waals surface area contributed by atoms with Gasteiger partial charge in [-0.1, -0.05) is 12.1 Å². The van der Waals surface area contributed by atoms with Gasteiger partial charge in [-0.15, -0.1) is 0 Å². The molecular formula is C11H13NO5S. The van der Waals surface area contributed by atoms with Crippen LogP contribution in [0, 0.1) is 0 Å². The number of carbonyl (C=O) groups is 1. The van der Waals surface area contributed by atoms with Gasteiger partial charge in [0.15, 0.2) is 0 Å². The number of benzene rings is 1. The van der Waals surface area contributed by atoms with Crippen LogP contribution in [0.15, 0.2) is 24.3 Å². The van der Waals surface area contributed by atoms with E-state index in [0.29, 0.717) is 5.75 Å². The van der Waals surface area contributed by atoms with E-state index < -0.39 is 22.2 Å². The van der Waals surface area contributed by atoms with E-state index in [4.69, 9.17) is 4.74 Å². The minimum absolute atomic E-state index is 0.0889. The zero-order valence-corrected chi connectivity index (χ0v) is 10.8. The second kappa shape index (κ2) is 4.49. The minimum atomic E-state index is -3.52. The Bertz CT molecular complexity index is 551. The highest BCUT2D eigenvalue weighted by Gasteiger charge is 2.48. The Morgan fingerprint density at radius 1 is 1.28 bits per heavy atom. The highest BCUT2D eigenvalue weighted by molar-refractivity contribution is 7.90. The first kappa shape index (κ1) is 12.7. The molecule has 18 heavy (non-hydrogen) atoms. The third-order valence-corrected chi connectivity index (χ3v) is 4.55. The zero-order valence-electron chi connectivity index (χ0n) is 9.99. The molecule has 1 atom stereocenters. The van der Waals surface area contributed by atoms with Crippen molar-refractivity contribution in [3.05, 3.63) is 29.8 Å². The van der Waals surface area contributed by atoms with Crippen molar-refractivity contribution in [2.24, 2.45) is 0 Å². The molecule has 1 saturated heterocycles. The second-order valence-electron chi connectivity index (χ2n) is 3.83. The molecule has 98 valence electrons. The molecule has 7 heteroatoms. The van der Waals surface area contributed by atoms with E-state index in [9.17, 15) is 13.2 Å². The molecule has 0 aromatic heterocycles. The second-order valence-corrected chi connectivity index (χ2v) is 5.72. The molecular weight excluding hydrogens is 258 g/mol. The van der Waals surface area contributed by atoms with Gasteiger partial charge < -0.3 is 9.47 Å². The van der Waals surface area contributed by atoms with Crippen LogP contribution in [0.3, 0.4) is 0 Å². The Balaban J connectivity index is 2.26. The van der Waals surface area contributed by atoms with Gasteiger partial charge in [-0.25, -0.2) is 13.2 Å². The van der Waals surface area contributed by atoms with E-state index in [-0.39, 0.29) is 5.75 Å². The third-order valence-electron chi connectivity index (χ3n) is 2.81. The predicted octanol–water partition coefficient (Wildman–Crippen LogP) is 1.15. The first-order chi connectivity index (χ1) is 8.49. The topological polar surface area (TPSA) is 72.9 Å². The summed E-state index contributed by atoms with van der Waals surface area (Å²) in [6.45, 7) is 0. The molecule has 0 bridgehead atoms. The molecule has 1 aliphatic heterocycles.